The first-order chi connectivity index (χ1) is 18.4. The SMILES string of the molecule is CCOCC(CC)N(c1ccc(C2=C(OOC)C(=C3C=CC(=N)C=C3)C2=O)cc1)c1ccc(C)c(C#N)c1. The Kier molecular flexibility index (Phi) is 8.37. The van der Waals surface area contributed by atoms with E-state index in [1.807, 2.05) is 56.3 Å². The molecule has 2 aromatic carbocycles. The van der Waals surface area contributed by atoms with Crippen molar-refractivity contribution in [2.24, 2.45) is 0 Å². The lowest BCUT2D eigenvalue weighted by molar-refractivity contribution is -0.235. The summed E-state index contributed by atoms with van der Waals surface area (Å²) in [4.78, 5) is 25.8. The summed E-state index contributed by atoms with van der Waals surface area (Å²) in [7, 11) is 1.40. The standard InChI is InChI=1S/C31H31N3O4/c1-5-25(19-37-6-2)34(27-14-7-20(3)23(17-27)18-32)26-15-10-22(11-16-26)29-30(35)28(31(29)38-36-4)21-8-12-24(33)13-9-21/h7-17,25,33H,5-6,19H2,1-4H3. The third-order valence-electron chi connectivity index (χ3n) is 6.65. The van der Waals surface area contributed by atoms with Crippen LogP contribution in [0.4, 0.5) is 11.4 Å². The van der Waals surface area contributed by atoms with Crippen molar-refractivity contribution >= 4 is 28.4 Å². The van der Waals surface area contributed by atoms with Gasteiger partial charge in [-0.05, 0) is 73.4 Å². The number of anilines is 2. The van der Waals surface area contributed by atoms with E-state index in [-0.39, 0.29) is 11.8 Å². The minimum absolute atomic E-state index is 0.0481. The molecule has 0 aromatic heterocycles. The fraction of sp³-hybridized carbons (Fsp3) is 0.258. The molecule has 4 rings (SSSR count). The Bertz CT molecular complexity index is 1390. The van der Waals surface area contributed by atoms with E-state index >= 15 is 0 Å². The molecule has 7 nitrogen and oxygen atoms in total. The molecule has 0 aliphatic heterocycles. The van der Waals surface area contributed by atoms with Gasteiger partial charge in [-0.2, -0.15) is 10.1 Å². The second kappa shape index (κ2) is 11.9. The molecule has 1 unspecified atom stereocenters. The molecule has 38 heavy (non-hydrogen) atoms. The van der Waals surface area contributed by atoms with Gasteiger partial charge in [0.05, 0.1) is 48.2 Å². The molecule has 0 fully saturated rings. The van der Waals surface area contributed by atoms with E-state index in [2.05, 4.69) is 17.9 Å². The predicted molar refractivity (Wildman–Crippen MR) is 148 cm³/mol. The molecule has 2 aliphatic carbocycles. The average Bonchev–Trinajstić information content (AvgIpc) is 2.93. The lowest BCUT2D eigenvalue weighted by atomic mass is 9.80. The second-order valence-electron chi connectivity index (χ2n) is 8.99. The topological polar surface area (TPSA) is 95.6 Å². The molecular weight excluding hydrogens is 478 g/mol. The zero-order chi connectivity index (χ0) is 27.2. The summed E-state index contributed by atoms with van der Waals surface area (Å²) >= 11 is 0. The molecule has 1 atom stereocenters. The Morgan fingerprint density at radius 1 is 1.00 bits per heavy atom. The number of carbonyl (C=O) groups excluding carboxylic acids is 1. The first-order valence-electron chi connectivity index (χ1n) is 12.6. The highest BCUT2D eigenvalue weighted by molar-refractivity contribution is 6.39. The molecule has 0 heterocycles. The Balaban J connectivity index is 1.74. The molecule has 2 aromatic rings. The van der Waals surface area contributed by atoms with Crippen molar-refractivity contribution in [3.05, 3.63) is 100 Å². The fourth-order valence-corrected chi connectivity index (χ4v) is 4.59. The van der Waals surface area contributed by atoms with Gasteiger partial charge in [0.25, 0.3) is 0 Å². The molecule has 194 valence electrons. The van der Waals surface area contributed by atoms with Gasteiger partial charge in [0.1, 0.15) is 0 Å². The highest BCUT2D eigenvalue weighted by Crippen LogP contribution is 2.42. The van der Waals surface area contributed by atoms with Gasteiger partial charge in [-0.3, -0.25) is 4.79 Å². The number of ketones is 1. The fourth-order valence-electron chi connectivity index (χ4n) is 4.59. The van der Waals surface area contributed by atoms with Crippen molar-refractivity contribution in [3.8, 4) is 6.07 Å². The lowest BCUT2D eigenvalue weighted by Gasteiger charge is -2.34. The van der Waals surface area contributed by atoms with Crippen molar-refractivity contribution in [1.82, 2.24) is 0 Å². The minimum Gasteiger partial charge on any atom is -0.380 e. The van der Waals surface area contributed by atoms with Gasteiger partial charge in [-0.1, -0.05) is 37.3 Å². The van der Waals surface area contributed by atoms with Crippen molar-refractivity contribution in [2.45, 2.75) is 33.2 Å². The lowest BCUT2D eigenvalue weighted by Crippen LogP contribution is -2.35. The van der Waals surface area contributed by atoms with E-state index in [9.17, 15) is 10.1 Å². The Morgan fingerprint density at radius 2 is 1.68 bits per heavy atom. The van der Waals surface area contributed by atoms with Crippen molar-refractivity contribution in [2.75, 3.05) is 25.2 Å². The number of allylic oxidation sites excluding steroid dienone is 7. The number of ether oxygens (including phenoxy) is 1. The van der Waals surface area contributed by atoms with Crippen molar-refractivity contribution in [1.29, 1.82) is 10.7 Å². The van der Waals surface area contributed by atoms with Crippen LogP contribution in [-0.4, -0.2) is 37.9 Å². The van der Waals surface area contributed by atoms with Crippen LogP contribution in [-0.2, 0) is 19.3 Å². The van der Waals surface area contributed by atoms with Crippen LogP contribution in [0, 0.1) is 23.7 Å². The minimum atomic E-state index is -0.139. The smallest absolute Gasteiger partial charge is 0.202 e. The van der Waals surface area contributed by atoms with Gasteiger partial charge in [-0.25, -0.2) is 0 Å². The number of nitrogens with one attached hydrogen (secondary N) is 1. The van der Waals surface area contributed by atoms with Gasteiger partial charge in [0, 0.05) is 18.0 Å². The van der Waals surface area contributed by atoms with E-state index in [0.29, 0.717) is 52.5 Å². The highest BCUT2D eigenvalue weighted by atomic mass is 17.2. The summed E-state index contributed by atoms with van der Waals surface area (Å²) in [5.41, 5.74) is 6.01. The Labute approximate surface area is 223 Å². The van der Waals surface area contributed by atoms with E-state index in [1.165, 1.54) is 7.11 Å². The number of Topliss-reactive ketones (excluding diaryl/α,β-unsaturated/α-hetero) is 1. The maximum absolute atomic E-state index is 13.2. The van der Waals surface area contributed by atoms with E-state index in [0.717, 1.165) is 23.4 Å². The predicted octanol–water partition coefficient (Wildman–Crippen LogP) is 6.13. The first kappa shape index (κ1) is 26.8. The van der Waals surface area contributed by atoms with Gasteiger partial charge in [0.15, 0.2) is 5.76 Å². The number of rotatable bonds is 10. The van der Waals surface area contributed by atoms with Crippen LogP contribution >= 0.6 is 0 Å². The molecule has 0 saturated carbocycles. The van der Waals surface area contributed by atoms with Crippen LogP contribution in [0.3, 0.4) is 0 Å². The first-order valence-corrected chi connectivity index (χ1v) is 12.6. The van der Waals surface area contributed by atoms with E-state index in [4.69, 9.17) is 19.9 Å². The van der Waals surface area contributed by atoms with Crippen molar-refractivity contribution < 1.29 is 19.3 Å². The number of hydrogen-bond donors (Lipinski definition) is 1. The number of carbonyl (C=O) groups is 1. The summed E-state index contributed by atoms with van der Waals surface area (Å²) in [6.07, 6.45) is 7.56. The zero-order valence-corrected chi connectivity index (χ0v) is 22.1. The largest absolute Gasteiger partial charge is 0.380 e. The van der Waals surface area contributed by atoms with Crippen LogP contribution in [0.2, 0.25) is 0 Å². The molecule has 7 heteroatoms. The third kappa shape index (κ3) is 5.23. The summed E-state index contributed by atoms with van der Waals surface area (Å²) in [5, 5.41) is 17.3. The maximum atomic E-state index is 13.2. The Morgan fingerprint density at radius 3 is 2.29 bits per heavy atom. The summed E-state index contributed by atoms with van der Waals surface area (Å²) in [6, 6.07) is 15.9. The van der Waals surface area contributed by atoms with Gasteiger partial charge < -0.3 is 19.9 Å². The van der Waals surface area contributed by atoms with Crippen LogP contribution in [0.25, 0.3) is 5.57 Å². The molecule has 0 amide bonds. The maximum Gasteiger partial charge on any atom is 0.202 e. The average molecular weight is 510 g/mol. The number of hydrogen-bond acceptors (Lipinski definition) is 7. The summed E-state index contributed by atoms with van der Waals surface area (Å²) in [6.45, 7) is 7.16. The molecular formula is C31H31N3O4. The van der Waals surface area contributed by atoms with Gasteiger partial charge in [-0.15, -0.1) is 0 Å². The third-order valence-corrected chi connectivity index (χ3v) is 6.65. The number of benzene rings is 2. The summed E-state index contributed by atoms with van der Waals surface area (Å²) in [5.74, 6) is 0.235. The Hall–Kier alpha value is -4.25. The highest BCUT2D eigenvalue weighted by Gasteiger charge is 2.39. The normalized spacial score (nSPS) is 15.4. The van der Waals surface area contributed by atoms with Gasteiger partial charge >= 0.3 is 0 Å². The van der Waals surface area contributed by atoms with Crippen LogP contribution in [0.15, 0.2) is 83.7 Å². The van der Waals surface area contributed by atoms with E-state index in [1.54, 1.807) is 24.3 Å². The molecule has 1 N–H and O–H groups in total. The second-order valence-corrected chi connectivity index (χ2v) is 8.99. The van der Waals surface area contributed by atoms with Crippen LogP contribution in [0.5, 0.6) is 0 Å². The van der Waals surface area contributed by atoms with Crippen molar-refractivity contribution in [3.63, 3.8) is 0 Å². The van der Waals surface area contributed by atoms with E-state index < -0.39 is 0 Å². The molecule has 0 spiro atoms. The number of nitriles is 1. The number of aryl methyl sites for hydroxylation is 1. The monoisotopic (exact) mass is 509 g/mol. The molecule has 0 radical (unpaired) electrons. The quantitative estimate of drug-likeness (QED) is 0.235. The molecule has 0 saturated heterocycles. The molecule has 2 aliphatic rings. The van der Waals surface area contributed by atoms with Crippen LogP contribution in [0.1, 0.15) is 37.0 Å². The number of nitrogens with zero attached hydrogens (tertiary/aromatic N) is 2. The summed E-state index contributed by atoms with van der Waals surface area (Å²) < 4.78 is 5.79. The zero-order valence-electron chi connectivity index (χ0n) is 22.1. The molecule has 0 bridgehead atoms. The van der Waals surface area contributed by atoms with Gasteiger partial charge in [0.2, 0.25) is 5.78 Å². The van der Waals surface area contributed by atoms with Crippen LogP contribution < -0.4 is 4.90 Å².